The van der Waals surface area contributed by atoms with Gasteiger partial charge in [-0.1, -0.05) is 19.8 Å². The molecule has 0 spiro atoms. The Morgan fingerprint density at radius 3 is 2.35 bits per heavy atom. The van der Waals surface area contributed by atoms with Gasteiger partial charge in [0.2, 0.25) is 0 Å². The molecule has 1 heterocycles. The molecule has 0 aromatic carbocycles. The van der Waals surface area contributed by atoms with Crippen molar-refractivity contribution in [1.82, 2.24) is 9.03 Å². The average Bonchev–Trinajstić information content (AvgIpc) is 2.39. The van der Waals surface area contributed by atoms with Crippen molar-refractivity contribution in [3.63, 3.8) is 0 Å². The van der Waals surface area contributed by atoms with Gasteiger partial charge in [0, 0.05) is 19.1 Å². The first kappa shape index (κ1) is 18.2. The highest BCUT2D eigenvalue weighted by atomic mass is 35.5. The fourth-order valence-corrected chi connectivity index (χ4v) is 4.67. The molecule has 5 nitrogen and oxygen atoms in total. The second-order valence-corrected chi connectivity index (χ2v) is 7.79. The Balaban J connectivity index is 0.00000200. The van der Waals surface area contributed by atoms with Crippen LogP contribution in [0.15, 0.2) is 0 Å². The van der Waals surface area contributed by atoms with Crippen LogP contribution in [0.3, 0.4) is 0 Å². The molecule has 120 valence electrons. The first-order chi connectivity index (χ1) is 9.03. The molecule has 1 saturated carbocycles. The Labute approximate surface area is 129 Å². The summed E-state index contributed by atoms with van der Waals surface area (Å²) in [4.78, 5) is 0. The van der Waals surface area contributed by atoms with Crippen LogP contribution >= 0.6 is 12.4 Å². The van der Waals surface area contributed by atoms with E-state index in [2.05, 4.69) is 11.6 Å². The summed E-state index contributed by atoms with van der Waals surface area (Å²) in [7, 11) is -3.32. The Morgan fingerprint density at radius 1 is 1.15 bits per heavy atom. The van der Waals surface area contributed by atoms with Crippen LogP contribution in [0.2, 0.25) is 0 Å². The van der Waals surface area contributed by atoms with Gasteiger partial charge >= 0.3 is 0 Å². The van der Waals surface area contributed by atoms with E-state index in [9.17, 15) is 8.42 Å². The van der Waals surface area contributed by atoms with E-state index in [-0.39, 0.29) is 18.4 Å². The molecule has 1 saturated heterocycles. The lowest BCUT2D eigenvalue weighted by Gasteiger charge is -2.35. The van der Waals surface area contributed by atoms with Crippen LogP contribution < -0.4 is 10.5 Å². The zero-order valence-electron chi connectivity index (χ0n) is 12.3. The summed E-state index contributed by atoms with van der Waals surface area (Å²) >= 11 is 0. The van der Waals surface area contributed by atoms with Gasteiger partial charge in [-0.25, -0.2) is 0 Å². The van der Waals surface area contributed by atoms with Gasteiger partial charge in [0.25, 0.3) is 10.2 Å². The van der Waals surface area contributed by atoms with Crippen LogP contribution in [0.1, 0.15) is 45.4 Å². The summed E-state index contributed by atoms with van der Waals surface area (Å²) in [6, 6.07) is 0.0306. The number of nitrogens with one attached hydrogen (secondary N) is 1. The van der Waals surface area contributed by atoms with Crippen molar-refractivity contribution < 1.29 is 8.42 Å². The number of rotatable bonds is 4. The third-order valence-corrected chi connectivity index (χ3v) is 6.24. The Bertz CT molecular complexity index is 383. The number of nitrogens with two attached hydrogens (primary N) is 1. The molecule has 2 unspecified atom stereocenters. The Hall–Kier alpha value is 0.120. The van der Waals surface area contributed by atoms with E-state index in [1.165, 1.54) is 6.42 Å². The van der Waals surface area contributed by atoms with Crippen molar-refractivity contribution in [2.45, 2.75) is 51.5 Å². The minimum absolute atomic E-state index is 0. The largest absolute Gasteiger partial charge is 0.330 e. The molecule has 20 heavy (non-hydrogen) atoms. The predicted molar refractivity (Wildman–Crippen MR) is 84.1 cm³/mol. The third kappa shape index (κ3) is 4.56. The first-order valence-electron chi connectivity index (χ1n) is 7.50. The summed E-state index contributed by atoms with van der Waals surface area (Å²) in [5.74, 6) is 0.935. The van der Waals surface area contributed by atoms with Gasteiger partial charge in [-0.15, -0.1) is 12.4 Å². The lowest BCUT2D eigenvalue weighted by molar-refractivity contribution is 0.264. The van der Waals surface area contributed by atoms with Crippen LogP contribution in [-0.4, -0.2) is 38.4 Å². The zero-order chi connectivity index (χ0) is 13.9. The number of hydrogen-bond acceptors (Lipinski definition) is 3. The number of nitrogens with zero attached hydrogens (tertiary/aromatic N) is 1. The van der Waals surface area contributed by atoms with Crippen LogP contribution in [0.4, 0.5) is 0 Å². The first-order valence-corrected chi connectivity index (χ1v) is 8.94. The fraction of sp³-hybridized carbons (Fsp3) is 1.00. The fourth-order valence-electron chi connectivity index (χ4n) is 3.14. The maximum atomic E-state index is 12.4. The quantitative estimate of drug-likeness (QED) is 0.822. The molecule has 0 aromatic rings. The number of hydrogen-bond donors (Lipinski definition) is 2. The second kappa shape index (κ2) is 7.94. The van der Waals surface area contributed by atoms with Crippen molar-refractivity contribution in [1.29, 1.82) is 0 Å². The SMILES string of the molecule is CC1CCN(S(=O)(=O)NC2CCCCC2CN)CC1.Cl. The molecule has 1 aliphatic carbocycles. The predicted octanol–water partition coefficient (Wildman–Crippen LogP) is 1.49. The van der Waals surface area contributed by atoms with Gasteiger partial charge in [-0.3, -0.25) is 0 Å². The minimum atomic E-state index is -3.32. The summed E-state index contributed by atoms with van der Waals surface area (Å²) in [5, 5.41) is 0. The van der Waals surface area contributed by atoms with Crippen molar-refractivity contribution in [3.05, 3.63) is 0 Å². The summed E-state index contributed by atoms with van der Waals surface area (Å²) < 4.78 is 29.3. The van der Waals surface area contributed by atoms with E-state index in [4.69, 9.17) is 5.73 Å². The molecule has 0 amide bonds. The maximum Gasteiger partial charge on any atom is 0.279 e. The number of halogens is 1. The van der Waals surface area contributed by atoms with Crippen LogP contribution in [-0.2, 0) is 10.2 Å². The molecule has 2 rings (SSSR count). The molecule has 3 N–H and O–H groups in total. The standard InChI is InChI=1S/C13H27N3O2S.ClH/c1-11-6-8-16(9-7-11)19(17,18)15-13-5-3-2-4-12(13)10-14;/h11-13,15H,2-10,14H2,1H3;1H. The summed E-state index contributed by atoms with van der Waals surface area (Å²) in [6.45, 7) is 4.06. The summed E-state index contributed by atoms with van der Waals surface area (Å²) in [6.07, 6.45) is 6.16. The molecule has 0 radical (unpaired) electrons. The second-order valence-electron chi connectivity index (χ2n) is 6.09. The van der Waals surface area contributed by atoms with Crippen LogP contribution in [0, 0.1) is 11.8 Å². The van der Waals surface area contributed by atoms with E-state index in [0.717, 1.165) is 32.1 Å². The molecule has 1 aliphatic heterocycles. The van der Waals surface area contributed by atoms with E-state index < -0.39 is 10.2 Å². The van der Waals surface area contributed by atoms with Crippen LogP contribution in [0.25, 0.3) is 0 Å². The third-order valence-electron chi connectivity index (χ3n) is 4.59. The molecule has 2 atom stereocenters. The van der Waals surface area contributed by atoms with E-state index >= 15 is 0 Å². The highest BCUT2D eigenvalue weighted by Crippen LogP contribution is 2.25. The van der Waals surface area contributed by atoms with Crippen molar-refractivity contribution in [2.24, 2.45) is 17.6 Å². The molecular formula is C13H28ClN3O2S. The van der Waals surface area contributed by atoms with Gasteiger partial charge in [0.05, 0.1) is 0 Å². The Kier molecular flexibility index (Phi) is 7.21. The van der Waals surface area contributed by atoms with Gasteiger partial charge < -0.3 is 5.73 Å². The van der Waals surface area contributed by atoms with Crippen molar-refractivity contribution >= 4 is 22.6 Å². The minimum Gasteiger partial charge on any atom is -0.330 e. The molecule has 0 aromatic heterocycles. The highest BCUT2D eigenvalue weighted by molar-refractivity contribution is 7.87. The Morgan fingerprint density at radius 2 is 1.75 bits per heavy atom. The molecule has 2 fully saturated rings. The average molecular weight is 326 g/mol. The van der Waals surface area contributed by atoms with Gasteiger partial charge in [-0.05, 0) is 44.1 Å². The van der Waals surface area contributed by atoms with E-state index in [1.807, 2.05) is 0 Å². The molecule has 7 heteroatoms. The van der Waals surface area contributed by atoms with Gasteiger partial charge in [0.15, 0.2) is 0 Å². The lowest BCUT2D eigenvalue weighted by atomic mass is 9.85. The van der Waals surface area contributed by atoms with Crippen molar-refractivity contribution in [3.8, 4) is 0 Å². The van der Waals surface area contributed by atoms with Crippen molar-refractivity contribution in [2.75, 3.05) is 19.6 Å². The lowest BCUT2D eigenvalue weighted by Crippen LogP contribution is -2.51. The zero-order valence-corrected chi connectivity index (χ0v) is 13.9. The summed E-state index contributed by atoms with van der Waals surface area (Å²) in [5.41, 5.74) is 5.76. The van der Waals surface area contributed by atoms with E-state index in [1.54, 1.807) is 4.31 Å². The number of piperidine rings is 1. The van der Waals surface area contributed by atoms with Gasteiger partial charge in [-0.2, -0.15) is 17.4 Å². The van der Waals surface area contributed by atoms with Crippen LogP contribution in [0.5, 0.6) is 0 Å². The highest BCUT2D eigenvalue weighted by Gasteiger charge is 2.32. The van der Waals surface area contributed by atoms with Gasteiger partial charge in [0.1, 0.15) is 0 Å². The normalized spacial score (nSPS) is 29.9. The molecule has 2 aliphatic rings. The van der Waals surface area contributed by atoms with E-state index in [0.29, 0.717) is 31.5 Å². The monoisotopic (exact) mass is 325 g/mol. The molecular weight excluding hydrogens is 298 g/mol. The smallest absolute Gasteiger partial charge is 0.279 e. The topological polar surface area (TPSA) is 75.4 Å². The maximum absolute atomic E-state index is 12.4. The molecule has 0 bridgehead atoms.